The summed E-state index contributed by atoms with van der Waals surface area (Å²) in [6, 6.07) is 9.13. The first-order chi connectivity index (χ1) is 6.27. The highest BCUT2D eigenvalue weighted by Gasteiger charge is 1.99. The Morgan fingerprint density at radius 3 is 2.54 bits per heavy atom. The second kappa shape index (κ2) is 3.01. The van der Waals surface area contributed by atoms with Gasteiger partial charge in [-0.2, -0.15) is 5.10 Å². The second-order valence-corrected chi connectivity index (χ2v) is 2.76. The normalized spacial score (nSPS) is 10.3. The highest BCUT2D eigenvalue weighted by atomic mass is 19.1. The molecule has 0 N–H and O–H groups in total. The maximum absolute atomic E-state index is 12.6. The van der Waals surface area contributed by atoms with Crippen LogP contribution in [0.25, 0.3) is 5.69 Å². The van der Waals surface area contributed by atoms with Crippen LogP contribution in [0.3, 0.4) is 0 Å². The third kappa shape index (κ3) is 1.45. The van der Waals surface area contributed by atoms with Crippen LogP contribution in [0.1, 0.15) is 5.69 Å². The van der Waals surface area contributed by atoms with Gasteiger partial charge in [0.15, 0.2) is 0 Å². The average Bonchev–Trinajstić information content (AvgIpc) is 2.53. The van der Waals surface area contributed by atoms with Crippen molar-refractivity contribution < 1.29 is 4.39 Å². The van der Waals surface area contributed by atoms with Crippen LogP contribution in [-0.4, -0.2) is 9.78 Å². The molecule has 3 heteroatoms. The van der Waals surface area contributed by atoms with Crippen molar-refractivity contribution in [2.24, 2.45) is 0 Å². The van der Waals surface area contributed by atoms with E-state index in [1.165, 1.54) is 12.1 Å². The van der Waals surface area contributed by atoms with Crippen LogP contribution >= 0.6 is 0 Å². The lowest BCUT2D eigenvalue weighted by molar-refractivity contribution is 0.627. The summed E-state index contributed by atoms with van der Waals surface area (Å²) >= 11 is 0. The number of hydrogen-bond donors (Lipinski definition) is 0. The highest BCUT2D eigenvalue weighted by molar-refractivity contribution is 5.32. The Kier molecular flexibility index (Phi) is 1.85. The maximum atomic E-state index is 12.6. The van der Waals surface area contributed by atoms with Crippen molar-refractivity contribution >= 4 is 0 Å². The van der Waals surface area contributed by atoms with E-state index in [1.807, 2.05) is 6.92 Å². The molecule has 0 aliphatic carbocycles. The quantitative estimate of drug-likeness (QED) is 0.649. The van der Waals surface area contributed by atoms with Crippen LogP contribution < -0.4 is 0 Å². The number of nitrogens with zero attached hydrogens (tertiary/aromatic N) is 2. The highest BCUT2D eigenvalue weighted by Crippen LogP contribution is 2.09. The number of benzene rings is 1. The average molecular weight is 175 g/mol. The van der Waals surface area contributed by atoms with Crippen LogP contribution in [-0.2, 0) is 0 Å². The van der Waals surface area contributed by atoms with E-state index >= 15 is 0 Å². The van der Waals surface area contributed by atoms with Gasteiger partial charge in [-0.05, 0) is 31.2 Å². The Hall–Kier alpha value is -1.64. The molecule has 1 aromatic carbocycles. The van der Waals surface area contributed by atoms with Crippen molar-refractivity contribution in [2.45, 2.75) is 6.92 Å². The number of aromatic nitrogens is 2. The van der Waals surface area contributed by atoms with Crippen molar-refractivity contribution in [3.8, 4) is 5.69 Å². The molecule has 0 aliphatic rings. The molecule has 2 nitrogen and oxygen atoms in total. The Bertz CT molecular complexity index is 403. The SMILES string of the molecule is Cc1[c]cnn1-c1ccc(F)cc1. The lowest BCUT2D eigenvalue weighted by Crippen LogP contribution is -1.97. The fourth-order valence-corrected chi connectivity index (χ4v) is 1.17. The molecule has 0 saturated carbocycles. The largest absolute Gasteiger partial charge is 0.237 e. The van der Waals surface area contributed by atoms with E-state index < -0.39 is 0 Å². The summed E-state index contributed by atoms with van der Waals surface area (Å²) in [5.74, 6) is -0.238. The van der Waals surface area contributed by atoms with Gasteiger partial charge in [0, 0.05) is 11.8 Å². The first kappa shape index (κ1) is 7.98. The number of rotatable bonds is 1. The molecule has 0 fully saturated rings. The lowest BCUT2D eigenvalue weighted by atomic mass is 10.3. The van der Waals surface area contributed by atoms with Gasteiger partial charge in [-0.25, -0.2) is 9.07 Å². The zero-order valence-electron chi connectivity index (χ0n) is 7.16. The Labute approximate surface area is 75.6 Å². The predicted molar refractivity (Wildman–Crippen MR) is 47.1 cm³/mol. The molecule has 0 saturated heterocycles. The summed E-state index contributed by atoms with van der Waals surface area (Å²) in [5.41, 5.74) is 1.76. The monoisotopic (exact) mass is 175 g/mol. The summed E-state index contributed by atoms with van der Waals surface area (Å²) < 4.78 is 14.3. The van der Waals surface area contributed by atoms with Gasteiger partial charge in [-0.3, -0.25) is 0 Å². The van der Waals surface area contributed by atoms with E-state index in [2.05, 4.69) is 11.2 Å². The van der Waals surface area contributed by atoms with Gasteiger partial charge in [-0.1, -0.05) is 0 Å². The fraction of sp³-hybridized carbons (Fsp3) is 0.100. The van der Waals surface area contributed by atoms with E-state index in [1.54, 1.807) is 23.0 Å². The minimum atomic E-state index is -0.238. The van der Waals surface area contributed by atoms with Crippen LogP contribution in [0, 0.1) is 18.8 Å². The molecule has 1 aromatic heterocycles. The lowest BCUT2D eigenvalue weighted by Gasteiger charge is -2.02. The Morgan fingerprint density at radius 1 is 1.31 bits per heavy atom. The number of halogens is 1. The molecule has 13 heavy (non-hydrogen) atoms. The number of hydrogen-bond acceptors (Lipinski definition) is 1. The molecule has 0 spiro atoms. The third-order valence-electron chi connectivity index (χ3n) is 1.84. The predicted octanol–water partition coefficient (Wildman–Crippen LogP) is 2.12. The van der Waals surface area contributed by atoms with Crippen molar-refractivity contribution in [1.82, 2.24) is 9.78 Å². The van der Waals surface area contributed by atoms with Crippen molar-refractivity contribution in [2.75, 3.05) is 0 Å². The van der Waals surface area contributed by atoms with E-state index in [-0.39, 0.29) is 5.82 Å². The molecule has 0 aliphatic heterocycles. The summed E-state index contributed by atoms with van der Waals surface area (Å²) in [4.78, 5) is 0. The minimum Gasteiger partial charge on any atom is -0.237 e. The molecule has 0 unspecified atom stereocenters. The zero-order valence-corrected chi connectivity index (χ0v) is 7.16. The molecular formula is C10H8FN2. The van der Waals surface area contributed by atoms with Crippen LogP contribution in [0.15, 0.2) is 30.5 Å². The van der Waals surface area contributed by atoms with Crippen molar-refractivity contribution in [3.05, 3.63) is 48.0 Å². The smallest absolute Gasteiger partial charge is 0.123 e. The molecule has 0 amide bonds. The Morgan fingerprint density at radius 2 is 2.00 bits per heavy atom. The van der Waals surface area contributed by atoms with Gasteiger partial charge in [0.2, 0.25) is 0 Å². The van der Waals surface area contributed by atoms with Gasteiger partial charge in [0.05, 0.1) is 11.9 Å². The van der Waals surface area contributed by atoms with Crippen LogP contribution in [0.2, 0.25) is 0 Å². The van der Waals surface area contributed by atoms with E-state index in [0.717, 1.165) is 11.4 Å². The van der Waals surface area contributed by atoms with E-state index in [4.69, 9.17) is 0 Å². The molecular weight excluding hydrogens is 167 g/mol. The molecule has 65 valence electrons. The maximum Gasteiger partial charge on any atom is 0.123 e. The van der Waals surface area contributed by atoms with Gasteiger partial charge in [-0.15, -0.1) is 0 Å². The summed E-state index contributed by atoms with van der Waals surface area (Å²) in [5, 5.41) is 4.05. The van der Waals surface area contributed by atoms with Gasteiger partial charge >= 0.3 is 0 Å². The standard InChI is InChI=1S/C10H8FN2/c1-8-6-7-12-13(8)10-4-2-9(11)3-5-10/h2-5,7H,1H3. The topological polar surface area (TPSA) is 17.8 Å². The summed E-state index contributed by atoms with van der Waals surface area (Å²) in [7, 11) is 0. The first-order valence-corrected chi connectivity index (χ1v) is 3.95. The minimum absolute atomic E-state index is 0.238. The fourth-order valence-electron chi connectivity index (χ4n) is 1.17. The van der Waals surface area contributed by atoms with E-state index in [0.29, 0.717) is 0 Å². The molecule has 2 rings (SSSR count). The molecule has 1 heterocycles. The van der Waals surface area contributed by atoms with Gasteiger partial charge in [0.25, 0.3) is 0 Å². The van der Waals surface area contributed by atoms with Gasteiger partial charge < -0.3 is 0 Å². The number of aryl methyl sites for hydroxylation is 1. The molecule has 0 atom stereocenters. The molecule has 0 bridgehead atoms. The summed E-state index contributed by atoms with van der Waals surface area (Å²) in [6.07, 6.45) is 1.60. The van der Waals surface area contributed by atoms with E-state index in [9.17, 15) is 4.39 Å². The zero-order chi connectivity index (χ0) is 9.26. The molecule has 1 radical (unpaired) electrons. The third-order valence-corrected chi connectivity index (χ3v) is 1.84. The molecule has 2 aromatic rings. The van der Waals surface area contributed by atoms with Crippen LogP contribution in [0.4, 0.5) is 4.39 Å². The van der Waals surface area contributed by atoms with Gasteiger partial charge in [0.1, 0.15) is 5.82 Å². The second-order valence-electron chi connectivity index (χ2n) is 2.76. The Balaban J connectivity index is 2.47. The van der Waals surface area contributed by atoms with Crippen LogP contribution in [0.5, 0.6) is 0 Å². The first-order valence-electron chi connectivity index (χ1n) is 3.95. The van der Waals surface area contributed by atoms with Crippen molar-refractivity contribution in [3.63, 3.8) is 0 Å². The summed E-state index contributed by atoms with van der Waals surface area (Å²) in [6.45, 7) is 1.90. The van der Waals surface area contributed by atoms with Crippen molar-refractivity contribution in [1.29, 1.82) is 0 Å².